The maximum Gasteiger partial charge on any atom is 0.156 e. The summed E-state index contributed by atoms with van der Waals surface area (Å²) in [5.41, 5.74) is 1.41. The number of para-hydroxylation sites is 1. The minimum atomic E-state index is -3.14. The Hall–Kier alpha value is -1.49. The normalized spacial score (nSPS) is 12.4. The molecule has 0 amide bonds. The van der Waals surface area contributed by atoms with E-state index in [1.807, 2.05) is 6.07 Å². The van der Waals surface area contributed by atoms with Crippen molar-refractivity contribution in [2.75, 3.05) is 0 Å². The number of sulfone groups is 1. The van der Waals surface area contributed by atoms with Crippen molar-refractivity contribution in [3.8, 4) is 5.75 Å². The van der Waals surface area contributed by atoms with Crippen molar-refractivity contribution in [3.63, 3.8) is 0 Å². The van der Waals surface area contributed by atoms with E-state index >= 15 is 0 Å². The van der Waals surface area contributed by atoms with E-state index in [0.29, 0.717) is 5.52 Å². The summed E-state index contributed by atoms with van der Waals surface area (Å²) >= 11 is 0. The maximum absolute atomic E-state index is 12.0. The van der Waals surface area contributed by atoms with Gasteiger partial charge < -0.3 is 9.67 Å². The highest BCUT2D eigenvalue weighted by atomic mass is 32.2. The number of hydrogen-bond donors (Lipinski definition) is 1. The first-order valence-electron chi connectivity index (χ1n) is 5.80. The molecule has 1 N–H and O–H groups in total. The molecule has 0 unspecified atom stereocenters. The Balaban J connectivity index is 2.58. The second-order valence-electron chi connectivity index (χ2n) is 4.79. The highest BCUT2D eigenvalue weighted by Crippen LogP contribution is 2.29. The molecule has 1 aromatic heterocycles. The summed E-state index contributed by atoms with van der Waals surface area (Å²) in [5.74, 6) is 0.175. The smallest absolute Gasteiger partial charge is 0.156 e. The Morgan fingerprint density at radius 3 is 2.61 bits per heavy atom. The molecule has 0 aliphatic carbocycles. The molecule has 1 heterocycles. The lowest BCUT2D eigenvalue weighted by atomic mass is 10.2. The Bertz CT molecular complexity index is 684. The number of benzene rings is 1. The van der Waals surface area contributed by atoms with E-state index in [4.69, 9.17) is 0 Å². The second-order valence-corrected chi connectivity index (χ2v) is 7.35. The number of aryl methyl sites for hydroxylation is 1. The molecular weight excluding hydrogens is 250 g/mol. The predicted octanol–water partition coefficient (Wildman–Crippen LogP) is 2.21. The summed E-state index contributed by atoms with van der Waals surface area (Å²) in [6.45, 7) is 3.36. The van der Waals surface area contributed by atoms with E-state index < -0.39 is 15.1 Å². The summed E-state index contributed by atoms with van der Waals surface area (Å²) < 4.78 is 25.7. The van der Waals surface area contributed by atoms with Gasteiger partial charge in [0.1, 0.15) is 5.75 Å². The first kappa shape index (κ1) is 13.0. The highest BCUT2D eigenvalue weighted by Gasteiger charge is 2.20. The Morgan fingerprint density at radius 1 is 1.33 bits per heavy atom. The number of phenols is 1. The summed E-state index contributed by atoms with van der Waals surface area (Å²) in [6, 6.07) is 5.16. The van der Waals surface area contributed by atoms with Crippen molar-refractivity contribution in [1.82, 2.24) is 4.57 Å². The van der Waals surface area contributed by atoms with Crippen molar-refractivity contribution in [2.45, 2.75) is 24.9 Å². The fourth-order valence-electron chi connectivity index (χ4n) is 2.03. The van der Waals surface area contributed by atoms with Crippen LogP contribution in [0.3, 0.4) is 0 Å². The molecule has 18 heavy (non-hydrogen) atoms. The average molecular weight is 267 g/mol. The average Bonchev–Trinajstić information content (AvgIpc) is 2.56. The minimum Gasteiger partial charge on any atom is -0.506 e. The summed E-state index contributed by atoms with van der Waals surface area (Å²) in [7, 11) is -1.34. The number of aromatic hydroxyl groups is 1. The predicted molar refractivity (Wildman–Crippen MR) is 72.3 cm³/mol. The Labute approximate surface area is 107 Å². The molecule has 0 aliphatic rings. The zero-order valence-corrected chi connectivity index (χ0v) is 11.5. The third-order valence-electron chi connectivity index (χ3n) is 3.14. The fourth-order valence-corrected chi connectivity index (χ4v) is 3.02. The molecular formula is C13H17NO3S. The zero-order valence-electron chi connectivity index (χ0n) is 10.7. The molecule has 2 aromatic rings. The largest absolute Gasteiger partial charge is 0.506 e. The molecule has 0 saturated carbocycles. The fraction of sp³-hybridized carbons (Fsp3) is 0.385. The molecule has 0 radical (unpaired) electrons. The molecule has 0 saturated heterocycles. The van der Waals surface area contributed by atoms with Gasteiger partial charge in [-0.15, -0.1) is 0 Å². The lowest BCUT2D eigenvalue weighted by Gasteiger charge is -2.06. The summed E-state index contributed by atoms with van der Waals surface area (Å²) in [4.78, 5) is 0. The molecule has 98 valence electrons. The van der Waals surface area contributed by atoms with Crippen LogP contribution in [0.5, 0.6) is 5.75 Å². The molecule has 0 bridgehead atoms. The lowest BCUT2D eigenvalue weighted by molar-refractivity contribution is 0.479. The maximum atomic E-state index is 12.0. The molecule has 0 fully saturated rings. The van der Waals surface area contributed by atoms with Gasteiger partial charge in [0, 0.05) is 18.6 Å². The van der Waals surface area contributed by atoms with Gasteiger partial charge in [-0.1, -0.05) is 12.1 Å². The number of fused-ring (bicyclic) bond motifs is 1. The van der Waals surface area contributed by atoms with Gasteiger partial charge >= 0.3 is 0 Å². The quantitative estimate of drug-likeness (QED) is 0.927. The molecule has 4 nitrogen and oxygen atoms in total. The van der Waals surface area contributed by atoms with Gasteiger partial charge in [-0.25, -0.2) is 8.42 Å². The van der Waals surface area contributed by atoms with E-state index in [1.54, 1.807) is 43.8 Å². The molecule has 0 atom stereocenters. The molecule has 1 aromatic carbocycles. The van der Waals surface area contributed by atoms with Gasteiger partial charge in [0.25, 0.3) is 0 Å². The van der Waals surface area contributed by atoms with Crippen LogP contribution in [0, 0.1) is 0 Å². The van der Waals surface area contributed by atoms with Crippen molar-refractivity contribution in [3.05, 3.63) is 30.0 Å². The number of nitrogens with zero attached hydrogens (tertiary/aromatic N) is 1. The zero-order chi connectivity index (χ0) is 13.5. The van der Waals surface area contributed by atoms with E-state index in [0.717, 1.165) is 10.9 Å². The second kappa shape index (κ2) is 4.31. The molecule has 0 spiro atoms. The van der Waals surface area contributed by atoms with Gasteiger partial charge in [-0.05, 0) is 25.5 Å². The summed E-state index contributed by atoms with van der Waals surface area (Å²) in [5, 5.41) is 10.2. The first-order valence-corrected chi connectivity index (χ1v) is 7.52. The topological polar surface area (TPSA) is 59.3 Å². The van der Waals surface area contributed by atoms with Crippen LogP contribution < -0.4 is 0 Å². The van der Waals surface area contributed by atoms with Gasteiger partial charge in [0.15, 0.2) is 9.84 Å². The van der Waals surface area contributed by atoms with Crippen LogP contribution in [0.1, 0.15) is 19.4 Å². The monoisotopic (exact) mass is 267 g/mol. The lowest BCUT2D eigenvalue weighted by Crippen LogP contribution is -2.15. The Kier molecular flexibility index (Phi) is 3.11. The summed E-state index contributed by atoms with van der Waals surface area (Å²) in [6.07, 6.45) is 1.77. The van der Waals surface area contributed by atoms with E-state index in [1.165, 1.54) is 0 Å². The van der Waals surface area contributed by atoms with Crippen LogP contribution >= 0.6 is 0 Å². The SMILES string of the molecule is CC(C)S(=O)(=O)Cc1cn(C)c2c(O)cccc12. The molecule has 5 heteroatoms. The number of hydrogen-bond acceptors (Lipinski definition) is 3. The number of rotatable bonds is 3. The van der Waals surface area contributed by atoms with Crippen LogP contribution in [0.4, 0.5) is 0 Å². The van der Waals surface area contributed by atoms with Gasteiger partial charge in [0.2, 0.25) is 0 Å². The van der Waals surface area contributed by atoms with Crippen LogP contribution in [-0.2, 0) is 22.6 Å². The number of phenolic OH excluding ortho intramolecular Hbond substituents is 1. The minimum absolute atomic E-state index is 0.00542. The first-order chi connectivity index (χ1) is 8.33. The molecule has 2 rings (SSSR count). The Morgan fingerprint density at radius 2 is 2.00 bits per heavy atom. The van der Waals surface area contributed by atoms with Crippen LogP contribution in [-0.4, -0.2) is 23.3 Å². The standard InChI is InChI=1S/C13H17NO3S/c1-9(2)18(16,17)8-10-7-14(3)13-11(10)5-4-6-12(13)15/h4-7,9,15H,8H2,1-3H3. The van der Waals surface area contributed by atoms with Crippen LogP contribution in [0.2, 0.25) is 0 Å². The van der Waals surface area contributed by atoms with Gasteiger partial charge in [0.05, 0.1) is 16.5 Å². The van der Waals surface area contributed by atoms with Crippen LogP contribution in [0.25, 0.3) is 10.9 Å². The van der Waals surface area contributed by atoms with Crippen molar-refractivity contribution >= 4 is 20.7 Å². The third-order valence-corrected chi connectivity index (χ3v) is 5.29. The van der Waals surface area contributed by atoms with Gasteiger partial charge in [-0.2, -0.15) is 0 Å². The molecule has 0 aliphatic heterocycles. The van der Waals surface area contributed by atoms with Gasteiger partial charge in [-0.3, -0.25) is 0 Å². The number of aromatic nitrogens is 1. The highest BCUT2D eigenvalue weighted by molar-refractivity contribution is 7.91. The van der Waals surface area contributed by atoms with Crippen molar-refractivity contribution < 1.29 is 13.5 Å². The van der Waals surface area contributed by atoms with Crippen molar-refractivity contribution in [1.29, 1.82) is 0 Å². The third kappa shape index (κ3) is 2.10. The van der Waals surface area contributed by atoms with E-state index in [-0.39, 0.29) is 11.5 Å². The van der Waals surface area contributed by atoms with E-state index in [2.05, 4.69) is 0 Å². The van der Waals surface area contributed by atoms with E-state index in [9.17, 15) is 13.5 Å². The van der Waals surface area contributed by atoms with Crippen molar-refractivity contribution in [2.24, 2.45) is 7.05 Å². The van der Waals surface area contributed by atoms with Crippen LogP contribution in [0.15, 0.2) is 24.4 Å².